The van der Waals surface area contributed by atoms with Crippen LogP contribution >= 0.6 is 0 Å². The normalized spacial score (nSPS) is 15.5. The summed E-state index contributed by atoms with van der Waals surface area (Å²) in [5, 5.41) is 8.06. The van der Waals surface area contributed by atoms with E-state index < -0.39 is 22.0 Å². The van der Waals surface area contributed by atoms with Gasteiger partial charge in [-0.3, -0.25) is 14.4 Å². The van der Waals surface area contributed by atoms with Crippen LogP contribution in [-0.4, -0.2) is 50.1 Å². The molecule has 1 heterocycles. The number of hydrogen-bond donors (Lipinski definition) is 3. The lowest BCUT2D eigenvalue weighted by Crippen LogP contribution is -2.49. The second kappa shape index (κ2) is 10.6. The van der Waals surface area contributed by atoms with Gasteiger partial charge in [-0.25, -0.2) is 8.42 Å². The molecule has 176 valence electrons. The average molecular weight is 473 g/mol. The molecule has 1 atom stereocenters. The summed E-state index contributed by atoms with van der Waals surface area (Å²) >= 11 is 0. The highest BCUT2D eigenvalue weighted by Crippen LogP contribution is 2.22. The summed E-state index contributed by atoms with van der Waals surface area (Å²) in [6.07, 6.45) is 0.272. The van der Waals surface area contributed by atoms with Crippen molar-refractivity contribution in [3.63, 3.8) is 0 Å². The van der Waals surface area contributed by atoms with E-state index in [0.29, 0.717) is 5.56 Å². The van der Waals surface area contributed by atoms with Crippen molar-refractivity contribution in [1.29, 1.82) is 0 Å². The second-order valence-corrected chi connectivity index (χ2v) is 10.2. The van der Waals surface area contributed by atoms with Crippen LogP contribution in [0.1, 0.15) is 31.9 Å². The van der Waals surface area contributed by atoms with Gasteiger partial charge in [0.25, 0.3) is 5.91 Å². The van der Waals surface area contributed by atoms with Gasteiger partial charge in [0.2, 0.25) is 21.8 Å². The number of nitrogens with one attached hydrogen (secondary N) is 3. The van der Waals surface area contributed by atoms with Gasteiger partial charge in [-0.2, -0.15) is 4.31 Å². The van der Waals surface area contributed by atoms with Gasteiger partial charge in [-0.05, 0) is 29.7 Å². The van der Waals surface area contributed by atoms with Crippen LogP contribution in [-0.2, 0) is 24.4 Å². The van der Waals surface area contributed by atoms with Gasteiger partial charge in [0, 0.05) is 25.2 Å². The Hall–Kier alpha value is -3.24. The highest BCUT2D eigenvalue weighted by atomic mass is 32.2. The molecule has 2 aromatic rings. The van der Waals surface area contributed by atoms with Crippen molar-refractivity contribution in [2.45, 2.75) is 31.2 Å². The maximum Gasteiger partial charge on any atom is 0.251 e. The third kappa shape index (κ3) is 6.39. The summed E-state index contributed by atoms with van der Waals surface area (Å²) in [7, 11) is -3.91. The quantitative estimate of drug-likeness (QED) is 0.539. The maximum atomic E-state index is 13.1. The number of sulfonamides is 1. The summed E-state index contributed by atoms with van der Waals surface area (Å²) in [4.78, 5) is 37.1. The molecule has 1 fully saturated rings. The van der Waals surface area contributed by atoms with E-state index in [1.807, 2.05) is 19.9 Å². The lowest BCUT2D eigenvalue weighted by molar-refractivity contribution is -0.127. The summed E-state index contributed by atoms with van der Waals surface area (Å²) in [5.74, 6) is -0.987. The van der Waals surface area contributed by atoms with Crippen LogP contribution in [0.4, 0.5) is 5.69 Å². The molecule has 10 heteroatoms. The lowest BCUT2D eigenvalue weighted by Gasteiger charge is -2.26. The van der Waals surface area contributed by atoms with Crippen LogP contribution in [0.3, 0.4) is 0 Å². The van der Waals surface area contributed by atoms with E-state index >= 15 is 0 Å². The summed E-state index contributed by atoms with van der Waals surface area (Å²) < 4.78 is 27.0. The first-order chi connectivity index (χ1) is 15.7. The summed E-state index contributed by atoms with van der Waals surface area (Å²) in [5.41, 5.74) is 0.872. The Labute approximate surface area is 193 Å². The fourth-order valence-electron chi connectivity index (χ4n) is 3.45. The monoisotopic (exact) mass is 472 g/mol. The zero-order valence-electron chi connectivity index (χ0n) is 18.6. The summed E-state index contributed by atoms with van der Waals surface area (Å²) in [6.45, 7) is 3.98. The molecule has 0 saturated carbocycles. The van der Waals surface area contributed by atoms with Gasteiger partial charge < -0.3 is 16.0 Å². The topological polar surface area (TPSA) is 125 Å². The predicted octanol–water partition coefficient (Wildman–Crippen LogP) is 1.65. The Balaban J connectivity index is 1.81. The molecular formula is C23H28N4O5S. The van der Waals surface area contributed by atoms with Gasteiger partial charge in [-0.1, -0.05) is 50.2 Å². The van der Waals surface area contributed by atoms with Crippen molar-refractivity contribution in [2.24, 2.45) is 5.92 Å². The van der Waals surface area contributed by atoms with Gasteiger partial charge in [0.1, 0.15) is 6.04 Å². The molecule has 1 aliphatic heterocycles. The number of amides is 3. The number of carbonyl (C=O) groups is 3. The van der Waals surface area contributed by atoms with E-state index in [4.69, 9.17) is 0 Å². The molecule has 33 heavy (non-hydrogen) atoms. The van der Waals surface area contributed by atoms with E-state index in [0.717, 1.165) is 4.31 Å². The van der Waals surface area contributed by atoms with Crippen molar-refractivity contribution in [3.8, 4) is 0 Å². The van der Waals surface area contributed by atoms with E-state index in [1.165, 1.54) is 18.2 Å². The zero-order valence-corrected chi connectivity index (χ0v) is 19.4. The number of hydrogen-bond acceptors (Lipinski definition) is 5. The van der Waals surface area contributed by atoms with E-state index in [-0.39, 0.29) is 54.4 Å². The first-order valence-electron chi connectivity index (χ1n) is 10.7. The van der Waals surface area contributed by atoms with Crippen LogP contribution < -0.4 is 16.0 Å². The number of benzene rings is 2. The minimum atomic E-state index is -3.91. The molecule has 2 aromatic carbocycles. The maximum absolute atomic E-state index is 13.1. The molecule has 0 bridgehead atoms. The SMILES string of the molecule is CC(C)CC(=O)NC(C(=O)Nc1cccc(S(=O)(=O)N2CCNC(=O)C2)c1)c1ccccc1. The Kier molecular flexibility index (Phi) is 7.83. The Morgan fingerprint density at radius 2 is 1.82 bits per heavy atom. The van der Waals surface area contributed by atoms with Crippen molar-refractivity contribution in [3.05, 3.63) is 60.2 Å². The number of carbonyl (C=O) groups excluding carboxylic acids is 3. The molecule has 3 N–H and O–H groups in total. The fraction of sp³-hybridized carbons (Fsp3) is 0.348. The van der Waals surface area contributed by atoms with Gasteiger partial charge in [0.05, 0.1) is 11.4 Å². The zero-order chi connectivity index (χ0) is 24.0. The number of anilines is 1. The third-order valence-corrected chi connectivity index (χ3v) is 6.88. The van der Waals surface area contributed by atoms with Crippen LogP contribution in [0.15, 0.2) is 59.5 Å². The molecule has 3 amide bonds. The summed E-state index contributed by atoms with van der Waals surface area (Å²) in [6, 6.07) is 13.7. The van der Waals surface area contributed by atoms with Crippen molar-refractivity contribution < 1.29 is 22.8 Å². The highest BCUT2D eigenvalue weighted by molar-refractivity contribution is 7.89. The third-order valence-electron chi connectivity index (χ3n) is 5.04. The van der Waals surface area contributed by atoms with Gasteiger partial charge in [-0.15, -0.1) is 0 Å². The molecule has 0 aromatic heterocycles. The molecule has 0 spiro atoms. The number of nitrogens with zero attached hydrogens (tertiary/aromatic N) is 1. The lowest BCUT2D eigenvalue weighted by atomic mass is 10.0. The van der Waals surface area contributed by atoms with Crippen LogP contribution in [0.5, 0.6) is 0 Å². The molecule has 0 aliphatic carbocycles. The van der Waals surface area contributed by atoms with Crippen LogP contribution in [0, 0.1) is 5.92 Å². The Morgan fingerprint density at radius 1 is 1.09 bits per heavy atom. The highest BCUT2D eigenvalue weighted by Gasteiger charge is 2.30. The Bertz CT molecular complexity index is 1120. The van der Waals surface area contributed by atoms with Crippen molar-refractivity contribution >= 4 is 33.4 Å². The van der Waals surface area contributed by atoms with E-state index in [1.54, 1.807) is 30.3 Å². The number of piperazine rings is 1. The van der Waals surface area contributed by atoms with Gasteiger partial charge in [0.15, 0.2) is 0 Å². The van der Waals surface area contributed by atoms with E-state index in [9.17, 15) is 22.8 Å². The average Bonchev–Trinajstić information content (AvgIpc) is 2.77. The first kappa shape index (κ1) is 24.4. The van der Waals surface area contributed by atoms with Crippen molar-refractivity contribution in [1.82, 2.24) is 14.9 Å². The van der Waals surface area contributed by atoms with Crippen LogP contribution in [0.2, 0.25) is 0 Å². The van der Waals surface area contributed by atoms with Crippen molar-refractivity contribution in [2.75, 3.05) is 25.0 Å². The smallest absolute Gasteiger partial charge is 0.251 e. The van der Waals surface area contributed by atoms with E-state index in [2.05, 4.69) is 16.0 Å². The molecule has 0 radical (unpaired) electrons. The molecule has 3 rings (SSSR count). The minimum Gasteiger partial charge on any atom is -0.354 e. The van der Waals surface area contributed by atoms with Gasteiger partial charge >= 0.3 is 0 Å². The first-order valence-corrected chi connectivity index (χ1v) is 12.1. The molecule has 1 unspecified atom stereocenters. The largest absolute Gasteiger partial charge is 0.354 e. The predicted molar refractivity (Wildman–Crippen MR) is 124 cm³/mol. The molecule has 1 saturated heterocycles. The Morgan fingerprint density at radius 3 is 2.48 bits per heavy atom. The molecule has 1 aliphatic rings. The second-order valence-electron chi connectivity index (χ2n) is 8.21. The molecular weight excluding hydrogens is 444 g/mol. The minimum absolute atomic E-state index is 0.0323. The standard InChI is InChI=1S/C23H28N4O5S/c1-16(2)13-20(28)26-22(17-7-4-3-5-8-17)23(30)25-18-9-6-10-19(14-18)33(31,32)27-12-11-24-21(29)15-27/h3-10,14,16,22H,11-13,15H2,1-2H3,(H,24,29)(H,25,30)(H,26,28). The number of rotatable bonds is 8. The van der Waals surface area contributed by atoms with Crippen LogP contribution in [0.25, 0.3) is 0 Å². The fourth-order valence-corrected chi connectivity index (χ4v) is 4.90. The molecule has 9 nitrogen and oxygen atoms in total.